The summed E-state index contributed by atoms with van der Waals surface area (Å²) in [7, 11) is -2.15. The molecule has 0 aromatic carbocycles. The molecule has 20 heavy (non-hydrogen) atoms. The molecule has 2 N–H and O–H groups in total. The highest BCUT2D eigenvalue weighted by atomic mass is 31.2. The van der Waals surface area contributed by atoms with Crippen LogP contribution >= 0.6 is 7.52 Å². The van der Waals surface area contributed by atoms with Crippen molar-refractivity contribution in [2.24, 2.45) is 0 Å². The second-order valence-corrected chi connectivity index (χ2v) is 7.08. The van der Waals surface area contributed by atoms with Crippen LogP contribution in [-0.4, -0.2) is 44.2 Å². The predicted molar refractivity (Wildman–Crippen MR) is 73.5 cm³/mol. The van der Waals surface area contributed by atoms with E-state index in [4.69, 9.17) is 9.26 Å². The van der Waals surface area contributed by atoms with E-state index in [1.165, 1.54) is 7.11 Å². The number of alkyl carbamates (subject to hydrolysis) is 1. The lowest BCUT2D eigenvalue weighted by Gasteiger charge is -2.22. The van der Waals surface area contributed by atoms with Gasteiger partial charge in [-0.25, -0.2) is 9.88 Å². The van der Waals surface area contributed by atoms with Gasteiger partial charge < -0.3 is 19.3 Å². The highest BCUT2D eigenvalue weighted by molar-refractivity contribution is 7.56. The maximum Gasteiger partial charge on any atom is 0.408 e. The van der Waals surface area contributed by atoms with Gasteiger partial charge in [-0.15, -0.1) is 0 Å². The molecule has 0 spiro atoms. The molecule has 0 saturated heterocycles. The van der Waals surface area contributed by atoms with Crippen molar-refractivity contribution in [3.63, 3.8) is 0 Å². The first-order valence-corrected chi connectivity index (χ1v) is 7.95. The van der Waals surface area contributed by atoms with Gasteiger partial charge in [0.1, 0.15) is 18.4 Å². The molecule has 0 heterocycles. The molecule has 1 unspecified atom stereocenters. The SMILES string of the molecule is CCOP(=O)(CNC(=O)OC(C)(C)C)NCC(=O)OC. The van der Waals surface area contributed by atoms with Crippen molar-refractivity contribution in [1.82, 2.24) is 10.4 Å². The van der Waals surface area contributed by atoms with E-state index < -0.39 is 25.2 Å². The topological polar surface area (TPSA) is 103 Å². The van der Waals surface area contributed by atoms with E-state index in [0.29, 0.717) is 0 Å². The molecule has 0 aromatic heterocycles. The average molecular weight is 310 g/mol. The van der Waals surface area contributed by atoms with Crippen LogP contribution in [-0.2, 0) is 23.4 Å². The number of ether oxygens (including phenoxy) is 2. The first-order chi connectivity index (χ1) is 9.12. The fourth-order valence-electron chi connectivity index (χ4n) is 1.10. The van der Waals surface area contributed by atoms with Crippen molar-refractivity contribution < 1.29 is 28.2 Å². The molecular formula is C11H23N2O6P. The van der Waals surface area contributed by atoms with Gasteiger partial charge in [0, 0.05) is 0 Å². The Hall–Kier alpha value is -1.11. The molecule has 0 radical (unpaired) electrons. The second-order valence-electron chi connectivity index (χ2n) is 4.84. The van der Waals surface area contributed by atoms with E-state index in [-0.39, 0.29) is 19.4 Å². The molecule has 8 nitrogen and oxygen atoms in total. The largest absolute Gasteiger partial charge is 0.468 e. The van der Waals surface area contributed by atoms with E-state index >= 15 is 0 Å². The predicted octanol–water partition coefficient (Wildman–Crippen LogP) is 1.46. The number of rotatable bonds is 7. The van der Waals surface area contributed by atoms with Crippen LogP contribution in [0.5, 0.6) is 0 Å². The Bertz CT molecular complexity index is 380. The molecule has 1 amide bonds. The first-order valence-electron chi connectivity index (χ1n) is 6.14. The van der Waals surface area contributed by atoms with Crippen molar-refractivity contribution in [2.45, 2.75) is 33.3 Å². The fraction of sp³-hybridized carbons (Fsp3) is 0.818. The molecule has 118 valence electrons. The summed E-state index contributed by atoms with van der Waals surface area (Å²) in [6.07, 6.45) is -0.996. The number of methoxy groups -OCH3 is 1. The molecule has 0 aliphatic rings. The number of carbonyl (C=O) groups excluding carboxylic acids is 2. The Morgan fingerprint density at radius 1 is 1.25 bits per heavy atom. The first kappa shape index (κ1) is 18.9. The molecule has 9 heteroatoms. The highest BCUT2D eigenvalue weighted by Gasteiger charge is 2.26. The normalized spacial score (nSPS) is 14.2. The van der Waals surface area contributed by atoms with E-state index in [2.05, 4.69) is 15.1 Å². The van der Waals surface area contributed by atoms with Crippen LogP contribution in [0.25, 0.3) is 0 Å². The Morgan fingerprint density at radius 2 is 1.85 bits per heavy atom. The monoisotopic (exact) mass is 310 g/mol. The van der Waals surface area contributed by atoms with Crippen molar-refractivity contribution in [3.05, 3.63) is 0 Å². The van der Waals surface area contributed by atoms with Crippen molar-refractivity contribution in [1.29, 1.82) is 0 Å². The molecule has 0 bridgehead atoms. The summed E-state index contributed by atoms with van der Waals surface area (Å²) in [4.78, 5) is 22.5. The van der Waals surface area contributed by atoms with E-state index in [0.717, 1.165) is 0 Å². The quantitative estimate of drug-likeness (QED) is 0.542. The lowest BCUT2D eigenvalue weighted by molar-refractivity contribution is -0.139. The van der Waals surface area contributed by atoms with Gasteiger partial charge in [0.05, 0.1) is 13.7 Å². The summed E-state index contributed by atoms with van der Waals surface area (Å²) in [6, 6.07) is 0. The van der Waals surface area contributed by atoms with Crippen molar-refractivity contribution in [3.8, 4) is 0 Å². The zero-order chi connectivity index (χ0) is 15.8. The van der Waals surface area contributed by atoms with Crippen LogP contribution in [0.2, 0.25) is 0 Å². The maximum absolute atomic E-state index is 12.3. The Labute approximate surface area is 119 Å². The third-order valence-corrected chi connectivity index (χ3v) is 3.75. The van der Waals surface area contributed by atoms with Crippen LogP contribution < -0.4 is 10.4 Å². The minimum atomic E-state index is -3.37. The lowest BCUT2D eigenvalue weighted by atomic mass is 10.2. The summed E-state index contributed by atoms with van der Waals surface area (Å²) in [5.74, 6) is -0.581. The molecule has 1 atom stereocenters. The summed E-state index contributed by atoms with van der Waals surface area (Å²) in [5, 5.41) is 4.80. The van der Waals surface area contributed by atoms with Gasteiger partial charge in [0.15, 0.2) is 0 Å². The number of hydrogen-bond donors (Lipinski definition) is 2. The van der Waals surface area contributed by atoms with E-state index in [9.17, 15) is 14.2 Å². The fourth-order valence-corrected chi connectivity index (χ4v) is 2.51. The van der Waals surface area contributed by atoms with Crippen LogP contribution in [0.1, 0.15) is 27.7 Å². The zero-order valence-electron chi connectivity index (χ0n) is 12.5. The van der Waals surface area contributed by atoms with Gasteiger partial charge in [0.2, 0.25) is 0 Å². The smallest absolute Gasteiger partial charge is 0.408 e. The van der Waals surface area contributed by atoms with Gasteiger partial charge in [-0.05, 0) is 27.7 Å². The van der Waals surface area contributed by atoms with Crippen LogP contribution in [0, 0.1) is 0 Å². The molecule has 0 aliphatic carbocycles. The van der Waals surface area contributed by atoms with Crippen LogP contribution in [0.15, 0.2) is 0 Å². The lowest BCUT2D eigenvalue weighted by Crippen LogP contribution is -2.35. The molecule has 0 fully saturated rings. The van der Waals surface area contributed by atoms with E-state index in [1.807, 2.05) is 0 Å². The number of esters is 1. The number of nitrogens with one attached hydrogen (secondary N) is 2. The Balaban J connectivity index is 4.42. The number of amides is 1. The van der Waals surface area contributed by atoms with Gasteiger partial charge in [-0.1, -0.05) is 0 Å². The van der Waals surface area contributed by atoms with Gasteiger partial charge in [-0.2, -0.15) is 0 Å². The summed E-state index contributed by atoms with van der Waals surface area (Å²) < 4.78 is 26.8. The number of carbonyl (C=O) groups is 2. The van der Waals surface area contributed by atoms with E-state index in [1.54, 1.807) is 27.7 Å². The highest BCUT2D eigenvalue weighted by Crippen LogP contribution is 2.40. The molecule has 0 saturated carbocycles. The van der Waals surface area contributed by atoms with Crippen LogP contribution in [0.3, 0.4) is 0 Å². The van der Waals surface area contributed by atoms with Crippen LogP contribution in [0.4, 0.5) is 4.79 Å². The molecule has 0 aliphatic heterocycles. The minimum Gasteiger partial charge on any atom is -0.468 e. The summed E-state index contributed by atoms with van der Waals surface area (Å²) in [5.41, 5.74) is -0.654. The molecular weight excluding hydrogens is 287 g/mol. The summed E-state index contributed by atoms with van der Waals surface area (Å²) in [6.45, 7) is 6.68. The van der Waals surface area contributed by atoms with Crippen molar-refractivity contribution in [2.75, 3.05) is 26.5 Å². The minimum absolute atomic E-state index is 0.168. The molecule has 0 rings (SSSR count). The van der Waals surface area contributed by atoms with Gasteiger partial charge in [-0.3, -0.25) is 9.36 Å². The third kappa shape index (κ3) is 8.90. The summed E-state index contributed by atoms with van der Waals surface area (Å²) >= 11 is 0. The van der Waals surface area contributed by atoms with Crippen molar-refractivity contribution >= 4 is 19.6 Å². The number of hydrogen-bond acceptors (Lipinski definition) is 6. The Kier molecular flexibility index (Phi) is 7.78. The van der Waals surface area contributed by atoms with Gasteiger partial charge >= 0.3 is 12.1 Å². The average Bonchev–Trinajstić information content (AvgIpc) is 2.32. The third-order valence-electron chi connectivity index (χ3n) is 1.86. The zero-order valence-corrected chi connectivity index (χ0v) is 13.4. The standard InChI is InChI=1S/C11H23N2O6P/c1-6-18-20(16,13-7-9(14)17-5)8-12-10(15)19-11(2,3)4/h6-8H2,1-5H3,(H,12,15)(H,13,16). The molecule has 0 aromatic rings. The van der Waals surface area contributed by atoms with Gasteiger partial charge in [0.25, 0.3) is 7.52 Å². The second kappa shape index (κ2) is 8.24. The maximum atomic E-state index is 12.3. The Morgan fingerprint density at radius 3 is 2.30 bits per heavy atom.